The van der Waals surface area contributed by atoms with Gasteiger partial charge in [-0.25, -0.2) is 4.98 Å². The van der Waals surface area contributed by atoms with Gasteiger partial charge in [0, 0.05) is 30.7 Å². The van der Waals surface area contributed by atoms with E-state index in [0.717, 1.165) is 28.1 Å². The van der Waals surface area contributed by atoms with Crippen LogP contribution in [0.25, 0.3) is 17.0 Å². The van der Waals surface area contributed by atoms with Gasteiger partial charge in [-0.05, 0) is 42.4 Å². The highest BCUT2D eigenvalue weighted by molar-refractivity contribution is 7.99. The Hall–Kier alpha value is -3.60. The number of aromatic nitrogens is 6. The molecule has 10 nitrogen and oxygen atoms in total. The second-order valence-electron chi connectivity index (χ2n) is 6.05. The third-order valence-electron chi connectivity index (χ3n) is 4.15. The molecule has 4 aromatic rings. The van der Waals surface area contributed by atoms with E-state index in [4.69, 9.17) is 0 Å². The van der Waals surface area contributed by atoms with E-state index < -0.39 is 16.2 Å². The first-order chi connectivity index (χ1) is 14.1. The Kier molecular flexibility index (Phi) is 5.04. The molecular weight excluding hydrogens is 394 g/mol. The maximum absolute atomic E-state index is 12.6. The average Bonchev–Trinajstić information content (AvgIpc) is 3.11. The van der Waals surface area contributed by atoms with Crippen molar-refractivity contribution >= 4 is 23.1 Å². The van der Waals surface area contributed by atoms with Crippen LogP contribution in [0.1, 0.15) is 13.3 Å². The number of rotatable bonds is 6. The zero-order valence-corrected chi connectivity index (χ0v) is 16.1. The van der Waals surface area contributed by atoms with Crippen LogP contribution >= 0.6 is 11.8 Å². The molecule has 0 amide bonds. The minimum atomic E-state index is -0.737. The van der Waals surface area contributed by atoms with E-state index in [-0.39, 0.29) is 5.03 Å². The summed E-state index contributed by atoms with van der Waals surface area (Å²) in [5, 5.41) is 20.5. The van der Waals surface area contributed by atoms with Crippen LogP contribution in [0.4, 0.5) is 5.69 Å². The van der Waals surface area contributed by atoms with Crippen LogP contribution in [-0.4, -0.2) is 34.1 Å². The number of nitro groups is 1. The number of hydrogen-bond acceptors (Lipinski definition) is 8. The number of hydrogen-bond donors (Lipinski definition) is 0. The molecule has 0 bridgehead atoms. The molecule has 0 aliphatic heterocycles. The fourth-order valence-electron chi connectivity index (χ4n) is 2.88. The number of pyridine rings is 2. The van der Waals surface area contributed by atoms with Crippen molar-refractivity contribution in [3.8, 4) is 11.4 Å². The van der Waals surface area contributed by atoms with Crippen molar-refractivity contribution in [1.82, 2.24) is 29.1 Å². The lowest BCUT2D eigenvalue weighted by atomic mass is 10.2. The van der Waals surface area contributed by atoms with Crippen LogP contribution < -0.4 is 5.56 Å². The maximum Gasteiger partial charge on any atom is 0.366 e. The zero-order valence-electron chi connectivity index (χ0n) is 15.3. The molecular formula is C18H15N7O3S. The predicted octanol–water partition coefficient (Wildman–Crippen LogP) is 2.82. The molecule has 4 rings (SSSR count). The van der Waals surface area contributed by atoms with E-state index in [2.05, 4.69) is 20.2 Å². The lowest BCUT2D eigenvalue weighted by Gasteiger charge is -2.09. The van der Waals surface area contributed by atoms with E-state index in [1.165, 1.54) is 6.20 Å². The SMILES string of the molecule is CCCn1c(Sc2nc3ccccn3c(=O)c2[N+](=O)[O-])nnc1-c1ccncc1. The Morgan fingerprint density at radius 2 is 1.97 bits per heavy atom. The summed E-state index contributed by atoms with van der Waals surface area (Å²) in [5.74, 6) is 0.622. The molecule has 0 aliphatic carbocycles. The first-order valence-electron chi connectivity index (χ1n) is 8.77. The number of fused-ring (bicyclic) bond motifs is 1. The smallest absolute Gasteiger partial charge is 0.302 e. The van der Waals surface area contributed by atoms with Crippen molar-refractivity contribution in [2.75, 3.05) is 0 Å². The second kappa shape index (κ2) is 7.80. The molecule has 0 saturated heterocycles. The van der Waals surface area contributed by atoms with E-state index >= 15 is 0 Å². The summed E-state index contributed by atoms with van der Waals surface area (Å²) in [6, 6.07) is 8.57. The van der Waals surface area contributed by atoms with Gasteiger partial charge in [0.15, 0.2) is 16.0 Å². The van der Waals surface area contributed by atoms with Gasteiger partial charge in [0.05, 0.1) is 4.92 Å². The molecule has 0 radical (unpaired) electrons. The highest BCUT2D eigenvalue weighted by Crippen LogP contribution is 2.32. The zero-order chi connectivity index (χ0) is 20.4. The lowest BCUT2D eigenvalue weighted by molar-refractivity contribution is -0.389. The molecule has 0 atom stereocenters. The van der Waals surface area contributed by atoms with Crippen LogP contribution in [0.5, 0.6) is 0 Å². The highest BCUT2D eigenvalue weighted by Gasteiger charge is 2.26. The third kappa shape index (κ3) is 3.47. The summed E-state index contributed by atoms with van der Waals surface area (Å²) in [5.41, 5.74) is -0.176. The van der Waals surface area contributed by atoms with E-state index in [0.29, 0.717) is 23.2 Å². The molecule has 0 fully saturated rings. The third-order valence-corrected chi connectivity index (χ3v) is 5.11. The molecule has 0 saturated carbocycles. The van der Waals surface area contributed by atoms with Gasteiger partial charge in [0.25, 0.3) is 0 Å². The van der Waals surface area contributed by atoms with Crippen molar-refractivity contribution in [1.29, 1.82) is 0 Å². The Morgan fingerprint density at radius 3 is 2.69 bits per heavy atom. The number of nitrogens with zero attached hydrogens (tertiary/aromatic N) is 7. The molecule has 0 aromatic carbocycles. The van der Waals surface area contributed by atoms with Crippen molar-refractivity contribution in [2.45, 2.75) is 30.1 Å². The van der Waals surface area contributed by atoms with Crippen molar-refractivity contribution < 1.29 is 4.92 Å². The summed E-state index contributed by atoms with van der Waals surface area (Å²) < 4.78 is 3.01. The molecule has 4 heterocycles. The standard InChI is InChI=1S/C18H15N7O3S/c1-2-10-24-15(12-6-8-19-9-7-12)21-22-18(24)29-16-14(25(27)28)17(26)23-11-4-3-5-13(23)20-16/h3-9,11H,2,10H2,1H3. The predicted molar refractivity (Wildman–Crippen MR) is 106 cm³/mol. The molecule has 0 aliphatic rings. The minimum absolute atomic E-state index is 0.0165. The molecule has 146 valence electrons. The van der Waals surface area contributed by atoms with Gasteiger partial charge in [-0.1, -0.05) is 13.0 Å². The fourth-order valence-corrected chi connectivity index (χ4v) is 3.82. The Morgan fingerprint density at radius 1 is 1.17 bits per heavy atom. The maximum atomic E-state index is 12.6. The summed E-state index contributed by atoms with van der Waals surface area (Å²) in [7, 11) is 0. The van der Waals surface area contributed by atoms with Crippen molar-refractivity contribution in [3.05, 3.63) is 69.4 Å². The van der Waals surface area contributed by atoms with E-state index in [1.54, 1.807) is 30.6 Å². The van der Waals surface area contributed by atoms with Gasteiger partial charge in [-0.2, -0.15) is 0 Å². The summed E-state index contributed by atoms with van der Waals surface area (Å²) in [4.78, 5) is 31.9. The van der Waals surface area contributed by atoms with Gasteiger partial charge < -0.3 is 4.57 Å². The van der Waals surface area contributed by atoms with Crippen molar-refractivity contribution in [3.63, 3.8) is 0 Å². The first-order valence-corrected chi connectivity index (χ1v) is 9.59. The van der Waals surface area contributed by atoms with Gasteiger partial charge in [-0.15, -0.1) is 10.2 Å². The van der Waals surface area contributed by atoms with Crippen molar-refractivity contribution in [2.24, 2.45) is 0 Å². The summed E-state index contributed by atoms with van der Waals surface area (Å²) in [6.07, 6.45) is 5.57. The van der Waals surface area contributed by atoms with Crippen LogP contribution in [0.3, 0.4) is 0 Å². The molecule has 0 spiro atoms. The van der Waals surface area contributed by atoms with Gasteiger partial charge in [-0.3, -0.25) is 24.3 Å². The molecule has 4 aromatic heterocycles. The minimum Gasteiger partial charge on any atom is -0.302 e. The average molecular weight is 409 g/mol. The second-order valence-corrected chi connectivity index (χ2v) is 7.01. The molecule has 0 N–H and O–H groups in total. The van der Waals surface area contributed by atoms with Crippen LogP contribution in [0, 0.1) is 10.1 Å². The van der Waals surface area contributed by atoms with Crippen LogP contribution in [-0.2, 0) is 6.54 Å². The van der Waals surface area contributed by atoms with E-state index in [9.17, 15) is 14.9 Å². The van der Waals surface area contributed by atoms with Gasteiger partial charge >= 0.3 is 11.2 Å². The van der Waals surface area contributed by atoms with E-state index in [1.807, 2.05) is 23.6 Å². The van der Waals surface area contributed by atoms with Crippen LogP contribution in [0.2, 0.25) is 0 Å². The summed E-state index contributed by atoms with van der Waals surface area (Å²) >= 11 is 0.961. The van der Waals surface area contributed by atoms with Crippen LogP contribution in [0.15, 0.2) is 63.9 Å². The normalized spacial score (nSPS) is 11.1. The lowest BCUT2D eigenvalue weighted by Crippen LogP contribution is -2.19. The monoisotopic (exact) mass is 409 g/mol. The Labute approximate surface area is 168 Å². The van der Waals surface area contributed by atoms with Gasteiger partial charge in [0.2, 0.25) is 0 Å². The molecule has 11 heteroatoms. The van der Waals surface area contributed by atoms with Gasteiger partial charge in [0.1, 0.15) is 5.65 Å². The topological polar surface area (TPSA) is 121 Å². The quantitative estimate of drug-likeness (QED) is 0.271. The first kappa shape index (κ1) is 18.7. The Bertz CT molecular complexity index is 1250. The summed E-state index contributed by atoms with van der Waals surface area (Å²) in [6.45, 7) is 2.61. The largest absolute Gasteiger partial charge is 0.366 e. The fraction of sp³-hybridized carbons (Fsp3) is 0.167. The highest BCUT2D eigenvalue weighted by atomic mass is 32.2. The molecule has 29 heavy (non-hydrogen) atoms. The Balaban J connectivity index is 1.85. The molecule has 0 unspecified atom stereocenters.